The van der Waals surface area contributed by atoms with Crippen molar-refractivity contribution in [2.45, 2.75) is 37.1 Å². The molecular formula is C16H29ClN4O8. The summed E-state index contributed by atoms with van der Waals surface area (Å²) in [5.74, 6) is -0.0339. The molecule has 2 aliphatic heterocycles. The Morgan fingerprint density at radius 3 is 2.41 bits per heavy atom. The highest BCUT2D eigenvalue weighted by Gasteiger charge is 2.47. The highest BCUT2D eigenvalue weighted by molar-refractivity contribution is 6.18. The predicted octanol–water partition coefficient (Wildman–Crippen LogP) is -1.85. The van der Waals surface area contributed by atoms with E-state index in [-0.39, 0.29) is 19.0 Å². The van der Waals surface area contributed by atoms with E-state index in [2.05, 4.69) is 10.2 Å². The Hall–Kier alpha value is -1.12. The zero-order valence-corrected chi connectivity index (χ0v) is 16.8. The van der Waals surface area contributed by atoms with E-state index in [0.717, 1.165) is 18.0 Å². The van der Waals surface area contributed by atoms with Crippen LogP contribution in [0, 0.1) is 4.91 Å². The van der Waals surface area contributed by atoms with E-state index in [1.807, 2.05) is 0 Å². The first-order chi connectivity index (χ1) is 13.9. The third kappa shape index (κ3) is 6.18. The lowest BCUT2D eigenvalue weighted by Gasteiger charge is -2.45. The maximum Gasteiger partial charge on any atom is 0.345 e. The summed E-state index contributed by atoms with van der Waals surface area (Å²) in [7, 11) is 0. The van der Waals surface area contributed by atoms with E-state index in [4.69, 9.17) is 21.1 Å². The minimum atomic E-state index is -1.65. The van der Waals surface area contributed by atoms with E-state index in [1.54, 1.807) is 0 Å². The number of morpholine rings is 1. The number of urea groups is 1. The number of carbonyl (C=O) groups excluding carboxylic acids is 1. The number of nitrogens with zero attached hydrogens (tertiary/aromatic N) is 4. The van der Waals surface area contributed by atoms with Crippen molar-refractivity contribution in [3.63, 3.8) is 0 Å². The van der Waals surface area contributed by atoms with Crippen molar-refractivity contribution in [2.24, 2.45) is 5.29 Å². The number of aliphatic hydroxyl groups is 4. The number of ether oxygens (including phenoxy) is 2. The summed E-state index contributed by atoms with van der Waals surface area (Å²) in [6, 6.07) is -0.855. The van der Waals surface area contributed by atoms with Gasteiger partial charge < -0.3 is 29.9 Å². The van der Waals surface area contributed by atoms with Crippen LogP contribution in [0.5, 0.6) is 0 Å². The summed E-state index contributed by atoms with van der Waals surface area (Å²) in [5.41, 5.74) is 0. The van der Waals surface area contributed by atoms with Gasteiger partial charge in [-0.3, -0.25) is 9.80 Å². The van der Waals surface area contributed by atoms with E-state index in [0.29, 0.717) is 31.2 Å². The van der Waals surface area contributed by atoms with Crippen LogP contribution in [-0.2, 0) is 9.47 Å². The van der Waals surface area contributed by atoms with Gasteiger partial charge in [-0.15, -0.1) is 16.5 Å². The Morgan fingerprint density at radius 1 is 1.14 bits per heavy atom. The van der Waals surface area contributed by atoms with Gasteiger partial charge in [-0.2, -0.15) is 5.01 Å². The number of nitroso groups, excluding NO2 is 1. The fourth-order valence-electron chi connectivity index (χ4n) is 3.36. The van der Waals surface area contributed by atoms with Crippen LogP contribution in [0.4, 0.5) is 4.79 Å². The monoisotopic (exact) mass is 440 g/mol. The molecule has 12 nitrogen and oxygen atoms in total. The lowest BCUT2D eigenvalue weighted by molar-refractivity contribution is -0.258. The first-order valence-corrected chi connectivity index (χ1v) is 10.1. The van der Waals surface area contributed by atoms with Gasteiger partial charge in [-0.05, 0) is 6.42 Å². The van der Waals surface area contributed by atoms with Crippen LogP contribution >= 0.6 is 11.6 Å². The van der Waals surface area contributed by atoms with Gasteiger partial charge in [0.05, 0.1) is 31.7 Å². The van der Waals surface area contributed by atoms with Gasteiger partial charge in [0.15, 0.2) is 6.23 Å². The van der Waals surface area contributed by atoms with Gasteiger partial charge in [0.1, 0.15) is 24.4 Å². The molecule has 0 spiro atoms. The van der Waals surface area contributed by atoms with Crippen molar-refractivity contribution in [3.05, 3.63) is 4.91 Å². The van der Waals surface area contributed by atoms with E-state index in [9.17, 15) is 30.1 Å². The fraction of sp³-hybridized carbons (Fsp3) is 0.938. The molecule has 0 aromatic heterocycles. The van der Waals surface area contributed by atoms with Gasteiger partial charge in [0.2, 0.25) is 0 Å². The molecule has 13 heteroatoms. The fourth-order valence-corrected chi connectivity index (χ4v) is 3.52. The number of carbonyl (C=O) groups is 1. The molecule has 0 radical (unpaired) electrons. The van der Waals surface area contributed by atoms with Crippen molar-refractivity contribution < 1.29 is 34.7 Å². The summed E-state index contributed by atoms with van der Waals surface area (Å²) in [6.45, 7) is 2.67. The molecule has 168 valence electrons. The zero-order valence-electron chi connectivity index (χ0n) is 16.0. The van der Waals surface area contributed by atoms with Gasteiger partial charge in [-0.1, -0.05) is 0 Å². The second kappa shape index (κ2) is 11.9. The van der Waals surface area contributed by atoms with Gasteiger partial charge in [0.25, 0.3) is 0 Å². The normalized spacial score (nSPS) is 30.7. The molecule has 0 aromatic rings. The quantitative estimate of drug-likeness (QED) is 0.184. The maximum atomic E-state index is 12.8. The highest BCUT2D eigenvalue weighted by Crippen LogP contribution is 2.25. The maximum absolute atomic E-state index is 12.8. The van der Waals surface area contributed by atoms with Crippen LogP contribution in [0.1, 0.15) is 6.42 Å². The van der Waals surface area contributed by atoms with Crippen LogP contribution in [0.2, 0.25) is 0 Å². The third-order valence-electron chi connectivity index (χ3n) is 5.01. The van der Waals surface area contributed by atoms with Gasteiger partial charge >= 0.3 is 6.03 Å². The molecular weight excluding hydrogens is 412 g/mol. The van der Waals surface area contributed by atoms with Crippen LogP contribution in [0.15, 0.2) is 5.29 Å². The molecule has 5 atom stereocenters. The molecule has 2 amide bonds. The molecule has 0 bridgehead atoms. The molecule has 2 aliphatic rings. The van der Waals surface area contributed by atoms with Crippen molar-refractivity contribution in [2.75, 3.05) is 58.4 Å². The minimum Gasteiger partial charge on any atom is -0.394 e. The SMILES string of the molecule is O=NN(CCCl)C(=O)N(CCCN1CCOCC1)C1O[C@H](CO)[C@H](O)[C@H](O)[C@H]1O. The van der Waals surface area contributed by atoms with Crippen LogP contribution in [-0.4, -0.2) is 130 Å². The molecule has 1 unspecified atom stereocenters. The second-order valence-corrected chi connectivity index (χ2v) is 7.27. The molecule has 29 heavy (non-hydrogen) atoms. The average Bonchev–Trinajstić information content (AvgIpc) is 2.74. The van der Waals surface area contributed by atoms with Crippen molar-refractivity contribution in [1.82, 2.24) is 14.8 Å². The number of hydrogen-bond acceptors (Lipinski definition) is 10. The first kappa shape index (κ1) is 24.2. The van der Waals surface area contributed by atoms with Crippen LogP contribution in [0.25, 0.3) is 0 Å². The smallest absolute Gasteiger partial charge is 0.345 e. The molecule has 2 saturated heterocycles. The highest BCUT2D eigenvalue weighted by atomic mass is 35.5. The van der Waals surface area contributed by atoms with E-state index < -0.39 is 43.3 Å². The number of rotatable bonds is 9. The zero-order chi connectivity index (χ0) is 21.4. The first-order valence-electron chi connectivity index (χ1n) is 9.52. The molecule has 2 fully saturated rings. The van der Waals surface area contributed by atoms with E-state index >= 15 is 0 Å². The Bertz CT molecular complexity index is 525. The van der Waals surface area contributed by atoms with Crippen molar-refractivity contribution >= 4 is 17.6 Å². The molecule has 2 heterocycles. The molecule has 2 rings (SSSR count). The molecule has 0 saturated carbocycles. The lowest BCUT2D eigenvalue weighted by Crippen LogP contribution is -2.65. The minimum absolute atomic E-state index is 0.0339. The Morgan fingerprint density at radius 2 is 1.83 bits per heavy atom. The van der Waals surface area contributed by atoms with Gasteiger partial charge in [0, 0.05) is 32.1 Å². The van der Waals surface area contributed by atoms with Crippen LogP contribution in [0.3, 0.4) is 0 Å². The van der Waals surface area contributed by atoms with Crippen molar-refractivity contribution in [1.29, 1.82) is 0 Å². The van der Waals surface area contributed by atoms with E-state index in [1.165, 1.54) is 0 Å². The average molecular weight is 441 g/mol. The third-order valence-corrected chi connectivity index (χ3v) is 5.18. The van der Waals surface area contributed by atoms with Gasteiger partial charge in [-0.25, -0.2) is 4.79 Å². The summed E-state index contributed by atoms with van der Waals surface area (Å²) in [6.07, 6.45) is -6.94. The summed E-state index contributed by atoms with van der Waals surface area (Å²) in [5, 5.41) is 43.1. The molecule has 4 N–H and O–H groups in total. The second-order valence-electron chi connectivity index (χ2n) is 6.90. The number of amides is 2. The Kier molecular flexibility index (Phi) is 9.92. The summed E-state index contributed by atoms with van der Waals surface area (Å²) >= 11 is 5.62. The number of alkyl halides is 1. The van der Waals surface area contributed by atoms with Crippen molar-refractivity contribution in [3.8, 4) is 0 Å². The number of hydrogen-bond donors (Lipinski definition) is 4. The predicted molar refractivity (Wildman–Crippen MR) is 101 cm³/mol. The Labute approximate surface area is 173 Å². The number of aliphatic hydroxyl groups excluding tert-OH is 4. The topological polar surface area (TPSA) is 156 Å². The molecule has 0 aromatic carbocycles. The standard InChI is InChI=1S/C16H29ClN4O8/c17-2-5-21(18-27)16(26)20(4-1-3-19-6-8-28-9-7-19)15-14(25)13(24)12(23)11(10-22)29-15/h11-15,22-25H,1-10H2/t11-,12+,13+,14-,15?/m1/s1. The summed E-state index contributed by atoms with van der Waals surface area (Å²) in [4.78, 5) is 27.1. The summed E-state index contributed by atoms with van der Waals surface area (Å²) < 4.78 is 10.8. The lowest BCUT2D eigenvalue weighted by atomic mass is 9.97. The largest absolute Gasteiger partial charge is 0.394 e. The number of halogens is 1. The van der Waals surface area contributed by atoms with Crippen LogP contribution < -0.4 is 0 Å². The molecule has 0 aliphatic carbocycles. The Balaban J connectivity index is 2.13.